The molecule has 0 saturated carbocycles. The summed E-state index contributed by atoms with van der Waals surface area (Å²) in [6.45, 7) is 0. The number of fused-ring (bicyclic) bond motifs is 10. The van der Waals surface area contributed by atoms with Crippen molar-refractivity contribution in [2.45, 2.75) is 24.7 Å². The maximum absolute atomic E-state index is 2.58. The minimum absolute atomic E-state index is 0.314. The summed E-state index contributed by atoms with van der Waals surface area (Å²) in [6.07, 6.45) is 3.14. The van der Waals surface area contributed by atoms with E-state index in [2.05, 4.69) is 121 Å². The Labute approximate surface area is 266 Å². The fraction of sp³-hybridized carbons (Fsp3) is 0.0870. The Morgan fingerprint density at radius 3 is 1.37 bits per heavy atom. The molecule has 0 aliphatic heterocycles. The minimum atomic E-state index is -0.314. The number of hydrogen-bond acceptors (Lipinski definition) is 0. The molecule has 13 rings (SSSR count). The summed E-state index contributed by atoms with van der Waals surface area (Å²) in [7, 11) is 0. The molecule has 0 atom stereocenters. The topological polar surface area (TPSA) is 0 Å². The minimum Gasteiger partial charge on any atom is -0.0619 e. The Kier molecular flexibility index (Phi) is 3.66. The van der Waals surface area contributed by atoms with Gasteiger partial charge in [0.2, 0.25) is 0 Å². The van der Waals surface area contributed by atoms with Crippen molar-refractivity contribution in [1.29, 1.82) is 0 Å². The molecule has 0 N–H and O–H groups in total. The lowest BCUT2D eigenvalue weighted by Gasteiger charge is -2.30. The van der Waals surface area contributed by atoms with Gasteiger partial charge >= 0.3 is 0 Å². The van der Waals surface area contributed by atoms with Gasteiger partial charge < -0.3 is 0 Å². The van der Waals surface area contributed by atoms with Crippen LogP contribution in [0.25, 0.3) is 65.7 Å². The van der Waals surface area contributed by atoms with Crippen molar-refractivity contribution in [3.05, 3.63) is 177 Å². The van der Waals surface area contributed by atoms with Crippen LogP contribution in [-0.4, -0.2) is 0 Å². The molecule has 0 bridgehead atoms. The number of benzene rings is 8. The van der Waals surface area contributed by atoms with Crippen LogP contribution in [-0.2, 0) is 24.7 Å². The zero-order valence-corrected chi connectivity index (χ0v) is 25.2. The summed E-state index contributed by atoms with van der Waals surface area (Å²) < 4.78 is 0. The van der Waals surface area contributed by atoms with Gasteiger partial charge in [-0.25, -0.2) is 0 Å². The first-order valence-corrected chi connectivity index (χ1v) is 16.7. The number of rotatable bonds is 1. The lowest BCUT2D eigenvalue weighted by molar-refractivity contribution is 0.794. The third-order valence-corrected chi connectivity index (χ3v) is 12.5. The third-order valence-electron chi connectivity index (χ3n) is 12.5. The Morgan fingerprint density at radius 2 is 0.783 bits per heavy atom. The first-order valence-electron chi connectivity index (χ1n) is 16.7. The van der Waals surface area contributed by atoms with E-state index in [0.29, 0.717) is 0 Å². The van der Waals surface area contributed by atoms with Crippen LogP contribution in [0.2, 0.25) is 0 Å². The van der Waals surface area contributed by atoms with Gasteiger partial charge in [0.15, 0.2) is 0 Å². The Morgan fingerprint density at radius 1 is 0.326 bits per heavy atom. The fourth-order valence-corrected chi connectivity index (χ4v) is 10.9. The average molecular weight is 579 g/mol. The van der Waals surface area contributed by atoms with Gasteiger partial charge in [0.25, 0.3) is 0 Å². The highest BCUT2D eigenvalue weighted by Crippen LogP contribution is 2.63. The maximum atomic E-state index is 2.58. The van der Waals surface area contributed by atoms with Gasteiger partial charge in [-0.2, -0.15) is 0 Å². The second-order valence-electron chi connectivity index (χ2n) is 14.3. The monoisotopic (exact) mass is 578 g/mol. The van der Waals surface area contributed by atoms with Crippen LogP contribution in [0.3, 0.4) is 0 Å². The van der Waals surface area contributed by atoms with Crippen LogP contribution in [0.15, 0.2) is 121 Å². The summed E-state index contributed by atoms with van der Waals surface area (Å²) in [5.74, 6) is 0. The Hall–Kier alpha value is -5.46. The zero-order valence-electron chi connectivity index (χ0n) is 25.2. The second kappa shape index (κ2) is 7.33. The van der Waals surface area contributed by atoms with Gasteiger partial charge in [-0.05, 0) is 153 Å². The predicted molar refractivity (Wildman–Crippen MR) is 189 cm³/mol. The van der Waals surface area contributed by atoms with E-state index in [0.717, 1.165) is 19.3 Å². The van der Waals surface area contributed by atoms with E-state index < -0.39 is 0 Å². The molecule has 0 fully saturated rings. The van der Waals surface area contributed by atoms with E-state index in [1.165, 1.54) is 89.0 Å². The maximum Gasteiger partial charge on any atom is 0.0725 e. The van der Waals surface area contributed by atoms with Gasteiger partial charge in [-0.3, -0.25) is 0 Å². The standard InChI is InChI=1S/C46H26/c1-4-10-36-30(7-1)31-8-2-5-11-37(31)46(36)38-12-6-3-9-32(38)33-18-17-24(23-39(33)46)34-22-29-20-27-14-13-25-19-26-15-16-28-21-35(34)45-43(28)41(26)40(25)42(27)44(29)45/h1-18,22-23H,19-21H2. The molecule has 5 aliphatic rings. The van der Waals surface area contributed by atoms with Crippen molar-refractivity contribution >= 4 is 32.3 Å². The molecule has 8 aromatic rings. The predicted octanol–water partition coefficient (Wildman–Crippen LogP) is 10.9. The van der Waals surface area contributed by atoms with Gasteiger partial charge in [0.05, 0.1) is 5.41 Å². The van der Waals surface area contributed by atoms with Crippen LogP contribution < -0.4 is 0 Å². The summed E-state index contributed by atoms with van der Waals surface area (Å²) in [6, 6.07) is 47.2. The molecule has 46 heavy (non-hydrogen) atoms. The molecular weight excluding hydrogens is 553 g/mol. The SMILES string of the molecule is c1ccc2c(c1)-c1ccccc1C21c2ccccc2-c2ccc(-c3cc4c5c6c(ccc7c6c6c(ccc8c6c5c3C8)C7)C4)cc21. The van der Waals surface area contributed by atoms with Crippen molar-refractivity contribution in [2.75, 3.05) is 0 Å². The average Bonchev–Trinajstić information content (AvgIpc) is 3.89. The van der Waals surface area contributed by atoms with Gasteiger partial charge in [-0.15, -0.1) is 0 Å². The summed E-state index contributed by atoms with van der Waals surface area (Å²) in [4.78, 5) is 0. The summed E-state index contributed by atoms with van der Waals surface area (Å²) >= 11 is 0. The second-order valence-corrected chi connectivity index (χ2v) is 14.3. The summed E-state index contributed by atoms with van der Waals surface area (Å²) in [5.41, 5.74) is 22.7. The zero-order chi connectivity index (χ0) is 29.5. The van der Waals surface area contributed by atoms with E-state index in [-0.39, 0.29) is 5.41 Å². The molecule has 8 aromatic carbocycles. The van der Waals surface area contributed by atoms with Crippen molar-refractivity contribution < 1.29 is 0 Å². The first kappa shape index (κ1) is 23.0. The number of hydrogen-bond donors (Lipinski definition) is 0. The van der Waals surface area contributed by atoms with Crippen molar-refractivity contribution in [3.63, 3.8) is 0 Å². The first-order chi connectivity index (χ1) is 22.8. The van der Waals surface area contributed by atoms with Gasteiger partial charge in [0, 0.05) is 0 Å². The van der Waals surface area contributed by atoms with E-state index in [1.54, 1.807) is 32.3 Å². The molecule has 0 aromatic heterocycles. The van der Waals surface area contributed by atoms with E-state index in [4.69, 9.17) is 0 Å². The molecule has 0 unspecified atom stereocenters. The van der Waals surface area contributed by atoms with Crippen molar-refractivity contribution in [3.8, 4) is 33.4 Å². The van der Waals surface area contributed by atoms with E-state index in [9.17, 15) is 0 Å². The highest BCUT2D eigenvalue weighted by molar-refractivity contribution is 6.34. The molecule has 0 heteroatoms. The third kappa shape index (κ3) is 2.27. The van der Waals surface area contributed by atoms with Gasteiger partial charge in [0.1, 0.15) is 0 Å². The smallest absolute Gasteiger partial charge is 0.0619 e. The van der Waals surface area contributed by atoms with Crippen LogP contribution in [0.4, 0.5) is 0 Å². The normalized spacial score (nSPS) is 15.7. The van der Waals surface area contributed by atoms with Crippen LogP contribution in [0.5, 0.6) is 0 Å². The lowest BCUT2D eigenvalue weighted by atomic mass is 9.70. The van der Waals surface area contributed by atoms with Crippen LogP contribution >= 0.6 is 0 Å². The molecule has 1 spiro atoms. The quantitative estimate of drug-likeness (QED) is 0.170. The van der Waals surface area contributed by atoms with E-state index in [1.807, 2.05) is 0 Å². The molecule has 0 saturated heterocycles. The highest BCUT2D eigenvalue weighted by atomic mass is 14.5. The molecule has 0 radical (unpaired) electrons. The fourth-order valence-electron chi connectivity index (χ4n) is 10.9. The largest absolute Gasteiger partial charge is 0.0725 e. The van der Waals surface area contributed by atoms with Crippen LogP contribution in [0.1, 0.15) is 55.6 Å². The molecule has 0 amide bonds. The molecule has 5 aliphatic carbocycles. The van der Waals surface area contributed by atoms with Gasteiger partial charge in [-0.1, -0.05) is 109 Å². The molecule has 0 heterocycles. The Balaban J connectivity index is 1.15. The van der Waals surface area contributed by atoms with Crippen molar-refractivity contribution in [2.24, 2.45) is 0 Å². The van der Waals surface area contributed by atoms with E-state index >= 15 is 0 Å². The summed E-state index contributed by atoms with van der Waals surface area (Å²) in [5, 5.41) is 9.34. The van der Waals surface area contributed by atoms with Crippen LogP contribution in [0, 0.1) is 0 Å². The molecular formula is C46H26. The lowest BCUT2D eigenvalue weighted by Crippen LogP contribution is -2.25. The molecule has 210 valence electrons. The Bertz CT molecular complexity index is 2730. The highest BCUT2D eigenvalue weighted by Gasteiger charge is 2.51. The van der Waals surface area contributed by atoms with Crippen molar-refractivity contribution in [1.82, 2.24) is 0 Å². The molecule has 0 nitrogen and oxygen atoms in total.